The van der Waals surface area contributed by atoms with Crippen molar-refractivity contribution >= 4 is 35.4 Å². The van der Waals surface area contributed by atoms with E-state index >= 15 is 0 Å². The van der Waals surface area contributed by atoms with Gasteiger partial charge in [0.25, 0.3) is 5.91 Å². The van der Waals surface area contributed by atoms with Crippen LogP contribution in [0.4, 0.5) is 10.5 Å². The number of imide groups is 1. The van der Waals surface area contributed by atoms with E-state index in [1.807, 2.05) is 61.5 Å². The molecule has 14 nitrogen and oxygen atoms in total. The molecule has 1 unspecified atom stereocenters. The molecule has 0 bridgehead atoms. The number of benzene rings is 4. The Morgan fingerprint density at radius 1 is 0.906 bits per heavy atom. The molecule has 3 amide bonds. The third-order valence-corrected chi connectivity index (χ3v) is 10.1. The molecule has 4 aromatic carbocycles. The summed E-state index contributed by atoms with van der Waals surface area (Å²) < 4.78 is 20.0. The number of nitrogens with one attached hydrogen (secondary N) is 1. The molecule has 1 aromatic heterocycles. The molecule has 53 heavy (non-hydrogen) atoms. The van der Waals surface area contributed by atoms with Crippen LogP contribution in [0.3, 0.4) is 0 Å². The van der Waals surface area contributed by atoms with E-state index in [0.29, 0.717) is 27.8 Å². The number of aromatic nitrogens is 4. The van der Waals surface area contributed by atoms with Crippen molar-refractivity contribution in [3.05, 3.63) is 125 Å². The average molecular weight is 737 g/mol. The lowest BCUT2D eigenvalue weighted by Crippen LogP contribution is -2.42. The standard InChI is InChI=1S/C38H36N6O8S/c1-23-32(22-53-37-40-41-42-44(37)29-15-17-30(46)18-16-29)51-36(52-34(23)26-9-7-24(20-45)8-10-26)27-11-13-28(14-12-27)43-33(47)19-31(35(43)48)39-38(49)50-21-25-5-3-2-4-6-25/h2-18,23,31-32,34,36,45-46H,19-22H2,1H3,(H,39,49)/t23-,31?,32+,34+,36+/m0/s1. The lowest BCUT2D eigenvalue weighted by atomic mass is 9.91. The Labute approximate surface area is 308 Å². The van der Waals surface area contributed by atoms with E-state index in [-0.39, 0.29) is 43.5 Å². The van der Waals surface area contributed by atoms with E-state index in [2.05, 4.69) is 20.8 Å². The van der Waals surface area contributed by atoms with Crippen LogP contribution in [0.25, 0.3) is 5.69 Å². The minimum absolute atomic E-state index is 0.0315. The molecule has 15 heteroatoms. The third kappa shape index (κ3) is 8.08. The average Bonchev–Trinajstić information content (AvgIpc) is 3.77. The largest absolute Gasteiger partial charge is 0.508 e. The van der Waals surface area contributed by atoms with E-state index in [9.17, 15) is 24.6 Å². The number of carbonyl (C=O) groups excluding carboxylic acids is 3. The number of anilines is 1. The zero-order valence-electron chi connectivity index (χ0n) is 28.5. The van der Waals surface area contributed by atoms with Gasteiger partial charge in [-0.25, -0.2) is 9.69 Å². The van der Waals surface area contributed by atoms with Gasteiger partial charge in [0.15, 0.2) is 6.29 Å². The Hall–Kier alpha value is -5.61. The molecular weight excluding hydrogens is 701 g/mol. The van der Waals surface area contributed by atoms with Crippen molar-refractivity contribution < 1.29 is 38.8 Å². The topological polar surface area (TPSA) is 178 Å². The molecule has 2 aliphatic rings. The number of carbonyl (C=O) groups is 3. The van der Waals surface area contributed by atoms with Crippen LogP contribution in [0.1, 0.15) is 48.0 Å². The van der Waals surface area contributed by atoms with Crippen LogP contribution in [0.2, 0.25) is 0 Å². The number of phenolic OH excluding ortho intramolecular Hbond substituents is 1. The third-order valence-electron chi connectivity index (χ3n) is 9.11. The van der Waals surface area contributed by atoms with Gasteiger partial charge >= 0.3 is 6.09 Å². The van der Waals surface area contributed by atoms with Crippen molar-refractivity contribution in [3.63, 3.8) is 0 Å². The molecule has 272 valence electrons. The van der Waals surface area contributed by atoms with Crippen LogP contribution in [0.15, 0.2) is 108 Å². The SMILES string of the molecule is C[C@H]1[C@@H](CSc2nnnn2-c2ccc(O)cc2)O[C@@H](c2ccc(N3C(=O)CC(NC(=O)OCc4ccccc4)C3=O)cc2)O[C@H]1c1ccc(CO)cc1. The first-order valence-corrected chi connectivity index (χ1v) is 17.9. The number of aromatic hydroxyl groups is 1. The smallest absolute Gasteiger partial charge is 0.408 e. The van der Waals surface area contributed by atoms with Crippen molar-refractivity contribution in [3.8, 4) is 11.4 Å². The number of hydrogen-bond acceptors (Lipinski definition) is 12. The number of nitrogens with zero attached hydrogens (tertiary/aromatic N) is 5. The van der Waals surface area contributed by atoms with Gasteiger partial charge < -0.3 is 29.7 Å². The van der Waals surface area contributed by atoms with Gasteiger partial charge in [0.2, 0.25) is 11.1 Å². The highest BCUT2D eigenvalue weighted by atomic mass is 32.2. The minimum atomic E-state index is -1.05. The predicted octanol–water partition coefficient (Wildman–Crippen LogP) is 5.00. The minimum Gasteiger partial charge on any atom is -0.508 e. The first kappa shape index (κ1) is 35.8. The summed E-state index contributed by atoms with van der Waals surface area (Å²) in [4.78, 5) is 39.7. The number of thioether (sulfide) groups is 1. The molecule has 3 heterocycles. The number of rotatable bonds is 11. The summed E-state index contributed by atoms with van der Waals surface area (Å²) in [5.41, 5.74) is 4.19. The zero-order chi connectivity index (χ0) is 36.9. The van der Waals surface area contributed by atoms with Crippen LogP contribution in [0.5, 0.6) is 5.75 Å². The summed E-state index contributed by atoms with van der Waals surface area (Å²) in [5, 5.41) is 34.5. The van der Waals surface area contributed by atoms with Crippen molar-refractivity contribution in [2.75, 3.05) is 10.7 Å². The van der Waals surface area contributed by atoms with Gasteiger partial charge in [0, 0.05) is 17.2 Å². The summed E-state index contributed by atoms with van der Waals surface area (Å²) in [6, 6.07) is 29.0. The maximum Gasteiger partial charge on any atom is 0.408 e. The molecule has 0 saturated carbocycles. The molecule has 0 aliphatic carbocycles. The monoisotopic (exact) mass is 736 g/mol. The van der Waals surface area contributed by atoms with Crippen LogP contribution in [-0.4, -0.2) is 66.2 Å². The number of amides is 3. The van der Waals surface area contributed by atoms with Crippen molar-refractivity contribution in [1.82, 2.24) is 25.5 Å². The Bertz CT molecular complexity index is 2050. The highest BCUT2D eigenvalue weighted by molar-refractivity contribution is 7.99. The van der Waals surface area contributed by atoms with Crippen molar-refractivity contribution in [2.24, 2.45) is 5.92 Å². The van der Waals surface area contributed by atoms with Gasteiger partial charge in [0.05, 0.1) is 36.6 Å². The normalized spacial score (nSPS) is 21.5. The lowest BCUT2D eigenvalue weighted by Gasteiger charge is -2.41. The highest BCUT2D eigenvalue weighted by Crippen LogP contribution is 2.43. The summed E-state index contributed by atoms with van der Waals surface area (Å²) in [5.74, 6) is -0.513. The van der Waals surface area contributed by atoms with Crippen LogP contribution in [0, 0.1) is 5.92 Å². The second kappa shape index (κ2) is 16.0. The van der Waals surface area contributed by atoms with E-state index in [1.54, 1.807) is 53.2 Å². The first-order chi connectivity index (χ1) is 25.8. The molecule has 0 radical (unpaired) electrons. The van der Waals surface area contributed by atoms with E-state index in [1.165, 1.54) is 11.8 Å². The van der Waals surface area contributed by atoms with Gasteiger partial charge in [-0.3, -0.25) is 9.59 Å². The number of aliphatic hydroxyl groups is 1. The van der Waals surface area contributed by atoms with Crippen LogP contribution < -0.4 is 10.2 Å². The van der Waals surface area contributed by atoms with E-state index in [0.717, 1.165) is 21.6 Å². The van der Waals surface area contributed by atoms with Crippen molar-refractivity contribution in [2.45, 2.75) is 56.3 Å². The molecule has 0 spiro atoms. The lowest BCUT2D eigenvalue weighted by molar-refractivity contribution is -0.268. The second-order valence-electron chi connectivity index (χ2n) is 12.6. The molecule has 3 N–H and O–H groups in total. The summed E-state index contributed by atoms with van der Waals surface area (Å²) >= 11 is 1.42. The Morgan fingerprint density at radius 3 is 2.32 bits per heavy atom. The van der Waals surface area contributed by atoms with E-state index in [4.69, 9.17) is 14.2 Å². The highest BCUT2D eigenvalue weighted by Gasteiger charge is 2.42. The number of phenols is 1. The van der Waals surface area contributed by atoms with Gasteiger partial charge in [-0.15, -0.1) is 5.10 Å². The molecule has 2 saturated heterocycles. The number of tetrazole rings is 1. The molecule has 2 aliphatic heterocycles. The maximum atomic E-state index is 13.3. The summed E-state index contributed by atoms with van der Waals surface area (Å²) in [6.07, 6.45) is -2.50. The summed E-state index contributed by atoms with van der Waals surface area (Å²) in [6.45, 7) is 2.00. The van der Waals surface area contributed by atoms with Crippen LogP contribution in [-0.2, 0) is 37.0 Å². The molecule has 2 fully saturated rings. The quantitative estimate of drug-likeness (QED) is 0.122. The van der Waals surface area contributed by atoms with Crippen LogP contribution >= 0.6 is 11.8 Å². The first-order valence-electron chi connectivity index (χ1n) is 16.9. The van der Waals surface area contributed by atoms with Gasteiger partial charge in [0.1, 0.15) is 18.4 Å². The number of ether oxygens (including phenoxy) is 3. The van der Waals surface area contributed by atoms with Crippen molar-refractivity contribution in [1.29, 1.82) is 0 Å². The van der Waals surface area contributed by atoms with Gasteiger partial charge in [-0.05, 0) is 63.5 Å². The van der Waals surface area contributed by atoms with Gasteiger partial charge in [-0.2, -0.15) is 4.68 Å². The van der Waals surface area contributed by atoms with Gasteiger partial charge in [-0.1, -0.05) is 85.4 Å². The molecule has 5 atom stereocenters. The fraction of sp³-hybridized carbons (Fsp3) is 0.263. The zero-order valence-corrected chi connectivity index (χ0v) is 29.3. The molecular formula is C38H36N6O8S. The number of aliphatic hydroxyl groups excluding tert-OH is 1. The number of alkyl carbamates (subject to hydrolysis) is 1. The molecule has 7 rings (SSSR count). The fourth-order valence-electron chi connectivity index (χ4n) is 6.19. The number of hydrogen-bond donors (Lipinski definition) is 3. The maximum absolute atomic E-state index is 13.3. The fourth-order valence-corrected chi connectivity index (χ4v) is 7.25. The molecule has 5 aromatic rings. The second-order valence-corrected chi connectivity index (χ2v) is 13.6. The predicted molar refractivity (Wildman–Crippen MR) is 192 cm³/mol. The van der Waals surface area contributed by atoms with E-state index < -0.39 is 30.2 Å². The summed E-state index contributed by atoms with van der Waals surface area (Å²) in [7, 11) is 0. The Balaban J connectivity index is 1.05. The Kier molecular flexibility index (Phi) is 10.8. The Morgan fingerprint density at radius 2 is 1.60 bits per heavy atom.